The van der Waals surface area contributed by atoms with Crippen LogP contribution in [0.1, 0.15) is 12.6 Å². The molecule has 0 amide bonds. The van der Waals surface area contributed by atoms with Gasteiger partial charge in [0.05, 0.1) is 17.9 Å². The molecule has 7 nitrogen and oxygen atoms in total. The number of fused-ring (bicyclic) bond motifs is 1. The molecule has 4 aromatic rings. The molecule has 0 saturated carbocycles. The van der Waals surface area contributed by atoms with Crippen LogP contribution in [0, 0.1) is 6.92 Å². The first-order chi connectivity index (χ1) is 12.2. The zero-order valence-electron chi connectivity index (χ0n) is 14.2. The Bertz CT molecular complexity index is 974. The van der Waals surface area contributed by atoms with E-state index in [0.29, 0.717) is 6.54 Å². The van der Waals surface area contributed by atoms with Gasteiger partial charge in [0.15, 0.2) is 5.65 Å². The van der Waals surface area contributed by atoms with Crippen LogP contribution in [0.15, 0.2) is 55.1 Å². The molecule has 4 rings (SSSR count). The molecule has 1 atom stereocenters. The van der Waals surface area contributed by atoms with Crippen molar-refractivity contribution >= 4 is 11.5 Å². The predicted molar refractivity (Wildman–Crippen MR) is 96.3 cm³/mol. The number of aryl methyl sites for hydroxylation is 1. The Hall–Kier alpha value is -3.22. The second-order valence-corrected chi connectivity index (χ2v) is 6.11. The van der Waals surface area contributed by atoms with E-state index >= 15 is 0 Å². The van der Waals surface area contributed by atoms with Crippen molar-refractivity contribution in [3.63, 3.8) is 0 Å². The molecular formula is C18H19N7. The largest absolute Gasteiger partial charge is 0.366 e. The summed E-state index contributed by atoms with van der Waals surface area (Å²) >= 11 is 0. The average Bonchev–Trinajstić information content (AvgIpc) is 3.24. The summed E-state index contributed by atoms with van der Waals surface area (Å²) in [6.07, 6.45) is 3.26. The molecule has 0 aliphatic rings. The van der Waals surface area contributed by atoms with Gasteiger partial charge in [0.2, 0.25) is 0 Å². The Morgan fingerprint density at radius 3 is 2.76 bits per heavy atom. The first-order valence-corrected chi connectivity index (χ1v) is 8.21. The fourth-order valence-corrected chi connectivity index (χ4v) is 2.85. The lowest BCUT2D eigenvalue weighted by atomic mass is 10.1. The van der Waals surface area contributed by atoms with Gasteiger partial charge in [-0.25, -0.2) is 9.97 Å². The van der Waals surface area contributed by atoms with Crippen LogP contribution in [0.5, 0.6) is 0 Å². The summed E-state index contributed by atoms with van der Waals surface area (Å²) in [5.74, 6) is 0.907. The van der Waals surface area contributed by atoms with Gasteiger partial charge in [-0.2, -0.15) is 14.7 Å². The van der Waals surface area contributed by atoms with Crippen molar-refractivity contribution in [2.24, 2.45) is 0 Å². The van der Waals surface area contributed by atoms with Gasteiger partial charge in [-0.3, -0.25) is 4.68 Å². The van der Waals surface area contributed by atoms with E-state index in [2.05, 4.69) is 39.6 Å². The molecular weight excluding hydrogens is 314 g/mol. The molecule has 1 unspecified atom stereocenters. The smallest absolute Gasteiger partial charge is 0.158 e. The van der Waals surface area contributed by atoms with Gasteiger partial charge in [0, 0.05) is 23.7 Å². The van der Waals surface area contributed by atoms with E-state index < -0.39 is 0 Å². The third-order valence-electron chi connectivity index (χ3n) is 3.94. The number of rotatable bonds is 5. The van der Waals surface area contributed by atoms with Crippen molar-refractivity contribution in [2.45, 2.75) is 26.4 Å². The number of nitrogens with one attached hydrogen (secondary N) is 1. The maximum absolute atomic E-state index is 4.74. The van der Waals surface area contributed by atoms with E-state index in [1.54, 1.807) is 12.7 Å². The van der Waals surface area contributed by atoms with Gasteiger partial charge in [0.1, 0.15) is 18.5 Å². The molecule has 25 heavy (non-hydrogen) atoms. The Morgan fingerprint density at radius 2 is 2.00 bits per heavy atom. The number of anilines is 1. The summed E-state index contributed by atoms with van der Waals surface area (Å²) in [5, 5.41) is 12.2. The molecule has 0 bridgehead atoms. The van der Waals surface area contributed by atoms with Crippen LogP contribution < -0.4 is 5.32 Å². The Kier molecular flexibility index (Phi) is 3.89. The molecule has 0 fully saturated rings. The van der Waals surface area contributed by atoms with Crippen molar-refractivity contribution in [1.82, 2.24) is 29.4 Å². The third-order valence-corrected chi connectivity index (χ3v) is 3.94. The molecule has 0 aliphatic carbocycles. The van der Waals surface area contributed by atoms with Crippen molar-refractivity contribution in [3.8, 4) is 11.3 Å². The van der Waals surface area contributed by atoms with Crippen molar-refractivity contribution < 1.29 is 0 Å². The number of hydrogen-bond donors (Lipinski definition) is 1. The lowest BCUT2D eigenvalue weighted by molar-refractivity contribution is 0.557. The summed E-state index contributed by atoms with van der Waals surface area (Å²) in [5.41, 5.74) is 3.76. The molecule has 1 aromatic carbocycles. The van der Waals surface area contributed by atoms with E-state index in [0.717, 1.165) is 28.4 Å². The van der Waals surface area contributed by atoms with E-state index in [9.17, 15) is 0 Å². The molecule has 1 N–H and O–H groups in total. The third kappa shape index (κ3) is 3.21. The molecule has 0 saturated heterocycles. The fourth-order valence-electron chi connectivity index (χ4n) is 2.85. The van der Waals surface area contributed by atoms with Crippen LogP contribution in [0.3, 0.4) is 0 Å². The van der Waals surface area contributed by atoms with Crippen LogP contribution in [0.2, 0.25) is 0 Å². The van der Waals surface area contributed by atoms with E-state index in [1.165, 1.54) is 0 Å². The highest BCUT2D eigenvalue weighted by Crippen LogP contribution is 2.23. The van der Waals surface area contributed by atoms with Crippen LogP contribution in [-0.4, -0.2) is 35.4 Å². The Balaban J connectivity index is 1.71. The topological polar surface area (TPSA) is 72.9 Å². The van der Waals surface area contributed by atoms with Crippen LogP contribution in [-0.2, 0) is 6.54 Å². The zero-order chi connectivity index (χ0) is 17.2. The standard InChI is InChI=1S/C18H19N7/c1-13-8-17-22-16(15-6-4-3-5-7-15)9-18(25(17)23-13)21-14(2)10-24-12-19-11-20-24/h3-9,11-12,14,21H,10H2,1-2H3. The summed E-state index contributed by atoms with van der Waals surface area (Å²) in [6.45, 7) is 4.79. The molecule has 7 heteroatoms. The second-order valence-electron chi connectivity index (χ2n) is 6.11. The highest BCUT2D eigenvalue weighted by atomic mass is 15.3. The van der Waals surface area contributed by atoms with Crippen LogP contribution in [0.4, 0.5) is 5.82 Å². The Morgan fingerprint density at radius 1 is 1.16 bits per heavy atom. The second kappa shape index (κ2) is 6.35. The monoisotopic (exact) mass is 333 g/mol. The lowest BCUT2D eigenvalue weighted by Crippen LogP contribution is -2.24. The SMILES string of the molecule is Cc1cc2nc(-c3ccccc3)cc(NC(C)Cn3cncn3)n2n1. The Labute approximate surface area is 145 Å². The minimum atomic E-state index is 0.153. The van der Waals surface area contributed by atoms with Gasteiger partial charge < -0.3 is 5.32 Å². The number of benzene rings is 1. The van der Waals surface area contributed by atoms with Gasteiger partial charge >= 0.3 is 0 Å². The minimum Gasteiger partial charge on any atom is -0.366 e. The van der Waals surface area contributed by atoms with E-state index in [4.69, 9.17) is 4.98 Å². The number of hydrogen-bond acceptors (Lipinski definition) is 5. The molecule has 0 radical (unpaired) electrons. The summed E-state index contributed by atoms with van der Waals surface area (Å²) < 4.78 is 3.65. The van der Waals surface area contributed by atoms with Crippen LogP contribution >= 0.6 is 0 Å². The van der Waals surface area contributed by atoms with Gasteiger partial charge in [0.25, 0.3) is 0 Å². The predicted octanol–water partition coefficient (Wildman–Crippen LogP) is 2.80. The molecule has 0 aliphatic heterocycles. The molecule has 126 valence electrons. The highest BCUT2D eigenvalue weighted by Gasteiger charge is 2.12. The van der Waals surface area contributed by atoms with Crippen molar-refractivity contribution in [2.75, 3.05) is 5.32 Å². The highest BCUT2D eigenvalue weighted by molar-refractivity contribution is 5.66. The molecule has 3 aromatic heterocycles. The normalized spacial score (nSPS) is 12.4. The first kappa shape index (κ1) is 15.3. The fraction of sp³-hybridized carbons (Fsp3) is 0.222. The van der Waals surface area contributed by atoms with Gasteiger partial charge in [-0.15, -0.1) is 0 Å². The zero-order valence-corrected chi connectivity index (χ0v) is 14.2. The van der Waals surface area contributed by atoms with Crippen molar-refractivity contribution in [1.29, 1.82) is 0 Å². The number of aromatic nitrogens is 6. The van der Waals surface area contributed by atoms with Crippen LogP contribution in [0.25, 0.3) is 16.9 Å². The van der Waals surface area contributed by atoms with E-state index in [-0.39, 0.29) is 6.04 Å². The molecule has 0 spiro atoms. The summed E-state index contributed by atoms with van der Waals surface area (Å²) in [4.78, 5) is 8.73. The van der Waals surface area contributed by atoms with Gasteiger partial charge in [-0.05, 0) is 13.8 Å². The number of nitrogens with zero attached hydrogens (tertiary/aromatic N) is 6. The maximum Gasteiger partial charge on any atom is 0.158 e. The van der Waals surface area contributed by atoms with Crippen molar-refractivity contribution in [3.05, 3.63) is 60.8 Å². The first-order valence-electron chi connectivity index (χ1n) is 8.21. The lowest BCUT2D eigenvalue weighted by Gasteiger charge is -2.16. The van der Waals surface area contributed by atoms with E-state index in [1.807, 2.05) is 46.5 Å². The summed E-state index contributed by atoms with van der Waals surface area (Å²) in [7, 11) is 0. The summed E-state index contributed by atoms with van der Waals surface area (Å²) in [6, 6.07) is 14.3. The minimum absolute atomic E-state index is 0.153. The maximum atomic E-state index is 4.74. The van der Waals surface area contributed by atoms with Gasteiger partial charge in [-0.1, -0.05) is 30.3 Å². The quantitative estimate of drug-likeness (QED) is 0.608. The average molecular weight is 333 g/mol. The molecule has 3 heterocycles.